The second kappa shape index (κ2) is 14.0. The molecular formula is C29H31BrN4O4. The molecule has 3 N–H and O–H groups in total. The molecule has 0 spiro atoms. The molecule has 0 saturated carbocycles. The topological polar surface area (TPSA) is 103 Å². The molecule has 0 saturated heterocycles. The molecule has 0 aliphatic rings. The van der Waals surface area contributed by atoms with Crippen LogP contribution in [0.3, 0.4) is 0 Å². The number of nitrogens with one attached hydrogen (secondary N) is 2. The van der Waals surface area contributed by atoms with Crippen LogP contribution in [0.4, 0.5) is 5.69 Å². The van der Waals surface area contributed by atoms with Crippen LogP contribution in [-0.2, 0) is 4.79 Å². The van der Waals surface area contributed by atoms with Crippen molar-refractivity contribution in [3.8, 4) is 11.5 Å². The zero-order chi connectivity index (χ0) is 27.5. The third kappa shape index (κ3) is 7.69. The van der Waals surface area contributed by atoms with Crippen LogP contribution in [0.5, 0.6) is 11.5 Å². The van der Waals surface area contributed by atoms with Crippen LogP contribution >= 0.6 is 15.9 Å². The smallest absolute Gasteiger partial charge is 0.287 e. The van der Waals surface area contributed by atoms with Gasteiger partial charge in [-0.2, -0.15) is 5.10 Å². The highest BCUT2D eigenvalue weighted by molar-refractivity contribution is 9.10. The fourth-order valence-corrected chi connectivity index (χ4v) is 4.10. The highest BCUT2D eigenvalue weighted by atomic mass is 79.9. The molecule has 0 atom stereocenters. The molecule has 0 bridgehead atoms. The molecule has 8 nitrogen and oxygen atoms in total. The third-order valence-electron chi connectivity index (χ3n) is 5.59. The first kappa shape index (κ1) is 28.5. The minimum atomic E-state index is -0.596. The molecule has 0 aliphatic heterocycles. The monoisotopic (exact) mass is 578 g/mol. The lowest BCUT2D eigenvalue weighted by molar-refractivity contribution is -0.117. The van der Waals surface area contributed by atoms with Crippen LogP contribution in [-0.4, -0.2) is 42.8 Å². The van der Waals surface area contributed by atoms with Crippen molar-refractivity contribution in [1.82, 2.24) is 10.7 Å². The van der Waals surface area contributed by atoms with Crippen LogP contribution in [0, 0.1) is 0 Å². The Morgan fingerprint density at radius 2 is 1.68 bits per heavy atom. The summed E-state index contributed by atoms with van der Waals surface area (Å²) in [6, 6.07) is 19.6. The third-order valence-corrected chi connectivity index (χ3v) is 6.20. The Bertz CT molecular complexity index is 1300. The summed E-state index contributed by atoms with van der Waals surface area (Å²) in [5.74, 6) is -0.742. The lowest BCUT2D eigenvalue weighted by Crippen LogP contribution is -2.32. The number of carbonyl (C=O) groups is 2. The molecule has 0 fully saturated rings. The molecule has 38 heavy (non-hydrogen) atoms. The Balaban J connectivity index is 1.84. The molecular weight excluding hydrogens is 548 g/mol. The van der Waals surface area contributed by atoms with Crippen LogP contribution in [0.15, 0.2) is 82.0 Å². The molecule has 0 aromatic heterocycles. The zero-order valence-electron chi connectivity index (χ0n) is 21.6. The number of carbonyl (C=O) groups excluding carboxylic acids is 2. The predicted octanol–water partition coefficient (Wildman–Crippen LogP) is 5.32. The van der Waals surface area contributed by atoms with Gasteiger partial charge in [-0.05, 0) is 90.3 Å². The zero-order valence-corrected chi connectivity index (χ0v) is 23.2. The van der Waals surface area contributed by atoms with Crippen molar-refractivity contribution >= 4 is 45.7 Å². The molecule has 0 radical (unpaired) electrons. The average molecular weight is 579 g/mol. The van der Waals surface area contributed by atoms with Crippen molar-refractivity contribution in [3.05, 3.63) is 93.6 Å². The van der Waals surface area contributed by atoms with Crippen LogP contribution in [0.1, 0.15) is 42.3 Å². The molecule has 3 rings (SSSR count). The molecule has 0 aliphatic carbocycles. The number of aromatic hydroxyl groups is 1. The van der Waals surface area contributed by atoms with Crippen LogP contribution in [0.2, 0.25) is 0 Å². The van der Waals surface area contributed by atoms with Crippen LogP contribution in [0.25, 0.3) is 6.08 Å². The molecule has 3 aromatic rings. The van der Waals surface area contributed by atoms with E-state index in [4.69, 9.17) is 4.74 Å². The lowest BCUT2D eigenvalue weighted by atomic mass is 10.1. The summed E-state index contributed by atoms with van der Waals surface area (Å²) < 4.78 is 5.86. The molecule has 2 amide bonds. The maximum absolute atomic E-state index is 13.1. The second-order valence-electron chi connectivity index (χ2n) is 8.12. The number of amides is 2. The van der Waals surface area contributed by atoms with E-state index in [-0.39, 0.29) is 11.4 Å². The first-order valence-electron chi connectivity index (χ1n) is 12.3. The Hall–Kier alpha value is -4.11. The SMILES string of the molecule is CCOc1cc(/C=N\NC(=O)/C(=C\c2ccc(N(CC)CC)cc2)NC(=O)c2ccccc2)cc(Br)c1O. The van der Waals surface area contributed by atoms with Gasteiger partial charge in [0, 0.05) is 24.3 Å². The first-order valence-corrected chi connectivity index (χ1v) is 13.1. The Morgan fingerprint density at radius 1 is 1.00 bits per heavy atom. The number of hydrogen-bond acceptors (Lipinski definition) is 6. The van der Waals surface area contributed by atoms with E-state index < -0.39 is 11.8 Å². The van der Waals surface area contributed by atoms with Gasteiger partial charge in [0.25, 0.3) is 11.8 Å². The van der Waals surface area contributed by atoms with E-state index in [0.717, 1.165) is 24.3 Å². The van der Waals surface area contributed by atoms with Crippen molar-refractivity contribution < 1.29 is 19.4 Å². The van der Waals surface area contributed by atoms with E-state index in [9.17, 15) is 14.7 Å². The Labute approximate surface area is 231 Å². The second-order valence-corrected chi connectivity index (χ2v) is 8.98. The highest BCUT2D eigenvalue weighted by Crippen LogP contribution is 2.35. The predicted molar refractivity (Wildman–Crippen MR) is 155 cm³/mol. The van der Waals surface area contributed by atoms with Gasteiger partial charge in [0.2, 0.25) is 0 Å². The standard InChI is InChI=1S/C29H31BrN4O4/c1-4-34(5-2)23-14-12-20(13-15-23)17-25(32-28(36)22-10-8-7-9-11-22)29(37)33-31-19-21-16-24(30)27(35)26(18-21)38-6-3/h7-19,35H,4-6H2,1-3H3,(H,32,36)(H,33,37)/b25-17+,31-19-. The van der Waals surface area contributed by atoms with E-state index in [1.807, 2.05) is 37.3 Å². The summed E-state index contributed by atoms with van der Waals surface area (Å²) in [6.45, 7) is 8.13. The molecule has 0 unspecified atom stereocenters. The summed E-state index contributed by atoms with van der Waals surface area (Å²) >= 11 is 3.28. The number of ether oxygens (including phenoxy) is 1. The summed E-state index contributed by atoms with van der Waals surface area (Å²) in [4.78, 5) is 28.1. The van der Waals surface area contributed by atoms with Gasteiger partial charge in [-0.3, -0.25) is 9.59 Å². The van der Waals surface area contributed by atoms with E-state index in [0.29, 0.717) is 28.0 Å². The van der Waals surface area contributed by atoms with Gasteiger partial charge in [0.15, 0.2) is 11.5 Å². The lowest BCUT2D eigenvalue weighted by Gasteiger charge is -2.21. The minimum absolute atomic E-state index is 0.0195. The van der Waals surface area contributed by atoms with Gasteiger partial charge in [-0.15, -0.1) is 0 Å². The van der Waals surface area contributed by atoms with E-state index >= 15 is 0 Å². The Kier molecular flexibility index (Phi) is 10.5. The number of hydrazone groups is 1. The van der Waals surface area contributed by atoms with Gasteiger partial charge in [0.05, 0.1) is 17.3 Å². The normalized spacial score (nSPS) is 11.3. The number of rotatable bonds is 11. The van der Waals surface area contributed by atoms with E-state index in [2.05, 4.69) is 50.5 Å². The van der Waals surface area contributed by atoms with Crippen molar-refractivity contribution in [2.24, 2.45) is 5.10 Å². The van der Waals surface area contributed by atoms with Crippen molar-refractivity contribution in [2.45, 2.75) is 20.8 Å². The molecule has 3 aromatic carbocycles. The number of halogens is 1. The van der Waals surface area contributed by atoms with Gasteiger partial charge in [-0.1, -0.05) is 30.3 Å². The first-order chi connectivity index (χ1) is 18.4. The molecule has 9 heteroatoms. The van der Waals surface area contributed by atoms with Gasteiger partial charge < -0.3 is 20.1 Å². The number of phenols is 1. The summed E-state index contributed by atoms with van der Waals surface area (Å²) in [5, 5.41) is 16.8. The number of benzene rings is 3. The van der Waals surface area contributed by atoms with E-state index in [1.165, 1.54) is 6.21 Å². The fraction of sp³-hybridized carbons (Fsp3) is 0.207. The summed E-state index contributed by atoms with van der Waals surface area (Å²) in [5.41, 5.74) is 5.32. The quantitative estimate of drug-likeness (QED) is 0.162. The number of phenolic OH excluding ortho intramolecular Hbond substituents is 1. The van der Waals surface area contributed by atoms with Crippen LogP contribution < -0.4 is 20.4 Å². The number of nitrogens with zero attached hydrogens (tertiary/aromatic N) is 2. The summed E-state index contributed by atoms with van der Waals surface area (Å²) in [7, 11) is 0. The fourth-order valence-electron chi connectivity index (χ4n) is 3.64. The number of anilines is 1. The van der Waals surface area contributed by atoms with Crippen molar-refractivity contribution in [2.75, 3.05) is 24.6 Å². The van der Waals surface area contributed by atoms with Gasteiger partial charge in [-0.25, -0.2) is 5.43 Å². The summed E-state index contributed by atoms with van der Waals surface area (Å²) in [6.07, 6.45) is 3.02. The van der Waals surface area contributed by atoms with Gasteiger partial charge >= 0.3 is 0 Å². The maximum atomic E-state index is 13.1. The minimum Gasteiger partial charge on any atom is -0.503 e. The largest absolute Gasteiger partial charge is 0.503 e. The van der Waals surface area contributed by atoms with E-state index in [1.54, 1.807) is 42.5 Å². The highest BCUT2D eigenvalue weighted by Gasteiger charge is 2.15. The Morgan fingerprint density at radius 3 is 2.32 bits per heavy atom. The molecule has 0 heterocycles. The average Bonchev–Trinajstić information content (AvgIpc) is 2.93. The number of hydrogen-bond donors (Lipinski definition) is 3. The van der Waals surface area contributed by atoms with Crippen molar-refractivity contribution in [3.63, 3.8) is 0 Å². The van der Waals surface area contributed by atoms with Gasteiger partial charge in [0.1, 0.15) is 5.70 Å². The van der Waals surface area contributed by atoms with Crippen molar-refractivity contribution in [1.29, 1.82) is 0 Å². The maximum Gasteiger partial charge on any atom is 0.287 e. The molecule has 198 valence electrons.